The maximum Gasteiger partial charge on any atom is 0.326 e. The molecule has 1 saturated carbocycles. The quantitative estimate of drug-likeness (QED) is 0.556. The van der Waals surface area contributed by atoms with Gasteiger partial charge in [0.1, 0.15) is 6.04 Å². The van der Waals surface area contributed by atoms with Crippen LogP contribution in [-0.4, -0.2) is 40.3 Å². The maximum atomic E-state index is 11.6. The Hall–Kier alpha value is -1.79. The van der Waals surface area contributed by atoms with Crippen LogP contribution in [0.2, 0.25) is 0 Å². The van der Waals surface area contributed by atoms with E-state index >= 15 is 0 Å². The molecule has 0 spiro atoms. The van der Waals surface area contributed by atoms with E-state index in [4.69, 9.17) is 10.2 Å². The molecule has 108 valence electrons. The van der Waals surface area contributed by atoms with E-state index in [-0.39, 0.29) is 6.04 Å². The fraction of sp³-hybridized carbons (Fsp3) is 0.750. The summed E-state index contributed by atoms with van der Waals surface area (Å²) in [5, 5.41) is 22.3. The molecule has 0 aliphatic heterocycles. The number of carboxylic acid groups (broad SMARTS) is 2. The number of hydrogen-bond acceptors (Lipinski definition) is 3. The van der Waals surface area contributed by atoms with Gasteiger partial charge >= 0.3 is 18.0 Å². The number of carbonyl (C=O) groups excluding carboxylic acids is 1. The van der Waals surface area contributed by atoms with Crippen LogP contribution in [0.25, 0.3) is 0 Å². The Balaban J connectivity index is 2.42. The Bertz CT molecular complexity index is 337. The van der Waals surface area contributed by atoms with Crippen molar-refractivity contribution in [3.05, 3.63) is 0 Å². The molecule has 2 amide bonds. The average molecular weight is 272 g/mol. The van der Waals surface area contributed by atoms with Crippen molar-refractivity contribution in [3.63, 3.8) is 0 Å². The standard InChI is InChI=1S/C12H20N2O5/c15-10(16)7-9(11(17)18)14-12(19)13-8-5-3-1-2-4-6-8/h8-9H,1-7H2,(H,15,16)(H,17,18)(H2,13,14,19)/t9-/m1/s1. The number of carboxylic acids is 2. The highest BCUT2D eigenvalue weighted by Crippen LogP contribution is 2.17. The minimum Gasteiger partial charge on any atom is -0.481 e. The summed E-state index contributed by atoms with van der Waals surface area (Å²) < 4.78 is 0. The summed E-state index contributed by atoms with van der Waals surface area (Å²) >= 11 is 0. The van der Waals surface area contributed by atoms with E-state index in [1.807, 2.05) is 0 Å². The molecule has 7 nitrogen and oxygen atoms in total. The lowest BCUT2D eigenvalue weighted by atomic mass is 10.1. The zero-order chi connectivity index (χ0) is 14.3. The van der Waals surface area contributed by atoms with Crippen molar-refractivity contribution < 1.29 is 24.6 Å². The SMILES string of the molecule is O=C(O)C[C@@H](NC(=O)NC1CCCCCC1)C(=O)O. The van der Waals surface area contributed by atoms with Crippen molar-refractivity contribution >= 4 is 18.0 Å². The van der Waals surface area contributed by atoms with E-state index < -0.39 is 30.4 Å². The largest absolute Gasteiger partial charge is 0.481 e. The van der Waals surface area contributed by atoms with Crippen LogP contribution in [-0.2, 0) is 9.59 Å². The van der Waals surface area contributed by atoms with Crippen LogP contribution >= 0.6 is 0 Å². The van der Waals surface area contributed by atoms with Crippen LogP contribution in [0.3, 0.4) is 0 Å². The van der Waals surface area contributed by atoms with Gasteiger partial charge in [-0.1, -0.05) is 25.7 Å². The molecule has 1 rings (SSSR count). The fourth-order valence-electron chi connectivity index (χ4n) is 2.18. The van der Waals surface area contributed by atoms with Crippen molar-refractivity contribution in [2.24, 2.45) is 0 Å². The number of carbonyl (C=O) groups is 3. The van der Waals surface area contributed by atoms with Gasteiger partial charge in [0.05, 0.1) is 6.42 Å². The van der Waals surface area contributed by atoms with Gasteiger partial charge in [-0.3, -0.25) is 4.79 Å². The summed E-state index contributed by atoms with van der Waals surface area (Å²) in [7, 11) is 0. The van der Waals surface area contributed by atoms with Crippen molar-refractivity contribution in [3.8, 4) is 0 Å². The van der Waals surface area contributed by atoms with E-state index in [0.29, 0.717) is 0 Å². The smallest absolute Gasteiger partial charge is 0.326 e. The summed E-state index contributed by atoms with van der Waals surface area (Å²) in [6.45, 7) is 0. The molecule has 0 bridgehead atoms. The van der Waals surface area contributed by atoms with Crippen molar-refractivity contribution in [1.82, 2.24) is 10.6 Å². The second-order valence-electron chi connectivity index (χ2n) is 4.79. The van der Waals surface area contributed by atoms with Crippen LogP contribution in [0.5, 0.6) is 0 Å². The van der Waals surface area contributed by atoms with Gasteiger partial charge in [-0.2, -0.15) is 0 Å². The Morgan fingerprint density at radius 1 is 1.05 bits per heavy atom. The molecule has 7 heteroatoms. The third-order valence-electron chi connectivity index (χ3n) is 3.17. The molecule has 1 aliphatic rings. The molecule has 19 heavy (non-hydrogen) atoms. The molecule has 1 fully saturated rings. The average Bonchev–Trinajstić information content (AvgIpc) is 2.56. The molecule has 0 aromatic heterocycles. The molecule has 4 N–H and O–H groups in total. The monoisotopic (exact) mass is 272 g/mol. The highest BCUT2D eigenvalue weighted by molar-refractivity contribution is 5.86. The molecule has 0 saturated heterocycles. The first kappa shape index (κ1) is 15.3. The number of aliphatic carboxylic acids is 2. The molecule has 0 aromatic carbocycles. The van der Waals surface area contributed by atoms with Gasteiger partial charge in [-0.15, -0.1) is 0 Å². The summed E-state index contributed by atoms with van der Waals surface area (Å²) in [5.41, 5.74) is 0. The maximum absolute atomic E-state index is 11.6. The first-order chi connectivity index (χ1) is 8.99. The van der Waals surface area contributed by atoms with Crippen LogP contribution in [0.15, 0.2) is 0 Å². The van der Waals surface area contributed by atoms with E-state index in [1.54, 1.807) is 0 Å². The molecular formula is C12H20N2O5. The zero-order valence-electron chi connectivity index (χ0n) is 10.7. The lowest BCUT2D eigenvalue weighted by molar-refractivity contribution is -0.145. The van der Waals surface area contributed by atoms with Crippen LogP contribution < -0.4 is 10.6 Å². The number of urea groups is 1. The zero-order valence-corrected chi connectivity index (χ0v) is 10.7. The van der Waals surface area contributed by atoms with Gasteiger partial charge in [0.25, 0.3) is 0 Å². The minimum atomic E-state index is -1.40. The van der Waals surface area contributed by atoms with Gasteiger partial charge in [-0.05, 0) is 12.8 Å². The van der Waals surface area contributed by atoms with Crippen LogP contribution in [0.4, 0.5) is 4.79 Å². The van der Waals surface area contributed by atoms with Crippen molar-refractivity contribution in [2.75, 3.05) is 0 Å². The molecule has 1 aliphatic carbocycles. The number of rotatable bonds is 5. The first-order valence-corrected chi connectivity index (χ1v) is 6.50. The number of hydrogen-bond donors (Lipinski definition) is 4. The number of amides is 2. The Labute approximate surface area is 111 Å². The van der Waals surface area contributed by atoms with Gasteiger partial charge in [-0.25, -0.2) is 9.59 Å². The first-order valence-electron chi connectivity index (χ1n) is 6.50. The van der Waals surface area contributed by atoms with Crippen LogP contribution in [0.1, 0.15) is 44.9 Å². The summed E-state index contributed by atoms with van der Waals surface area (Å²) in [4.78, 5) is 32.9. The topological polar surface area (TPSA) is 116 Å². The molecule has 0 aromatic rings. The van der Waals surface area contributed by atoms with Crippen molar-refractivity contribution in [2.45, 2.75) is 57.0 Å². The fourth-order valence-corrected chi connectivity index (χ4v) is 2.18. The molecule has 0 heterocycles. The second-order valence-corrected chi connectivity index (χ2v) is 4.79. The van der Waals surface area contributed by atoms with E-state index in [1.165, 1.54) is 0 Å². The highest BCUT2D eigenvalue weighted by Gasteiger charge is 2.24. The second kappa shape index (κ2) is 7.60. The lowest BCUT2D eigenvalue weighted by Gasteiger charge is -2.19. The van der Waals surface area contributed by atoms with E-state index in [0.717, 1.165) is 38.5 Å². The Morgan fingerprint density at radius 3 is 2.11 bits per heavy atom. The van der Waals surface area contributed by atoms with Gasteiger partial charge in [0, 0.05) is 6.04 Å². The normalized spacial score (nSPS) is 18.1. The third kappa shape index (κ3) is 6.08. The van der Waals surface area contributed by atoms with E-state index in [9.17, 15) is 14.4 Å². The van der Waals surface area contributed by atoms with Crippen molar-refractivity contribution in [1.29, 1.82) is 0 Å². The molecule has 0 unspecified atom stereocenters. The van der Waals surface area contributed by atoms with Gasteiger partial charge in [0.2, 0.25) is 0 Å². The highest BCUT2D eigenvalue weighted by atomic mass is 16.4. The molecule has 0 radical (unpaired) electrons. The Kier molecular flexibility index (Phi) is 6.11. The lowest BCUT2D eigenvalue weighted by Crippen LogP contribution is -2.49. The third-order valence-corrected chi connectivity index (χ3v) is 3.17. The predicted octanol–water partition coefficient (Wildman–Crippen LogP) is 0.936. The van der Waals surface area contributed by atoms with Gasteiger partial charge in [0.15, 0.2) is 0 Å². The summed E-state index contributed by atoms with van der Waals surface area (Å²) in [6.07, 6.45) is 5.51. The summed E-state index contributed by atoms with van der Waals surface area (Å²) in [5.74, 6) is -2.61. The van der Waals surface area contributed by atoms with Crippen LogP contribution in [0, 0.1) is 0 Å². The minimum absolute atomic E-state index is 0.0433. The van der Waals surface area contributed by atoms with Gasteiger partial charge < -0.3 is 20.8 Å². The summed E-state index contributed by atoms with van der Waals surface area (Å²) in [6, 6.07) is -1.97. The molecular weight excluding hydrogens is 252 g/mol. The van der Waals surface area contributed by atoms with E-state index in [2.05, 4.69) is 10.6 Å². The number of nitrogens with one attached hydrogen (secondary N) is 2. The predicted molar refractivity (Wildman–Crippen MR) is 66.8 cm³/mol. The molecule has 1 atom stereocenters. The Morgan fingerprint density at radius 2 is 1.63 bits per heavy atom.